The summed E-state index contributed by atoms with van der Waals surface area (Å²) in [7, 11) is 0. The Balaban J connectivity index is 2.72. The number of rotatable bonds is 3. The molecular formula is C9H12O3. The molecule has 3 N–H and O–H groups in total. The van der Waals surface area contributed by atoms with Crippen LogP contribution in [0.4, 0.5) is 0 Å². The third kappa shape index (κ3) is 2.13. The van der Waals surface area contributed by atoms with Gasteiger partial charge in [0, 0.05) is 12.7 Å². The van der Waals surface area contributed by atoms with E-state index in [-0.39, 0.29) is 18.1 Å². The van der Waals surface area contributed by atoms with Gasteiger partial charge >= 0.3 is 0 Å². The number of hydrogen-bond acceptors (Lipinski definition) is 3. The summed E-state index contributed by atoms with van der Waals surface area (Å²) >= 11 is 0. The predicted octanol–water partition coefficient (Wildman–Crippen LogP) is 1.02. The van der Waals surface area contributed by atoms with Crippen molar-refractivity contribution in [2.24, 2.45) is 0 Å². The van der Waals surface area contributed by atoms with E-state index in [1.807, 2.05) is 0 Å². The SMILES string of the molecule is OCCCc1ccc(O)cc1O. The third-order valence-electron chi connectivity index (χ3n) is 1.67. The number of aliphatic hydroxyl groups excluding tert-OH is 1. The van der Waals surface area contributed by atoms with Crippen molar-refractivity contribution in [3.8, 4) is 11.5 Å². The largest absolute Gasteiger partial charge is 0.508 e. The minimum atomic E-state index is 0.0558. The number of aromatic hydroxyl groups is 2. The van der Waals surface area contributed by atoms with Crippen LogP contribution >= 0.6 is 0 Å². The molecule has 0 heterocycles. The average Bonchev–Trinajstić information content (AvgIpc) is 2.03. The number of phenolic OH excluding ortho intramolecular Hbond substituents is 2. The zero-order chi connectivity index (χ0) is 8.97. The number of hydrogen-bond donors (Lipinski definition) is 3. The normalized spacial score (nSPS) is 10.1. The number of benzene rings is 1. The molecule has 0 unspecified atom stereocenters. The lowest BCUT2D eigenvalue weighted by atomic mass is 10.1. The highest BCUT2D eigenvalue weighted by molar-refractivity contribution is 5.38. The molecule has 0 saturated carbocycles. The summed E-state index contributed by atoms with van der Waals surface area (Å²) in [5, 5.41) is 26.8. The highest BCUT2D eigenvalue weighted by Gasteiger charge is 2.00. The van der Waals surface area contributed by atoms with Gasteiger partial charge in [0.2, 0.25) is 0 Å². The Morgan fingerprint density at radius 1 is 1.17 bits per heavy atom. The van der Waals surface area contributed by atoms with Crippen LogP contribution in [0.15, 0.2) is 18.2 Å². The van der Waals surface area contributed by atoms with E-state index in [0.717, 1.165) is 5.56 Å². The van der Waals surface area contributed by atoms with Gasteiger partial charge in [-0.2, -0.15) is 0 Å². The Bertz CT molecular complexity index is 258. The van der Waals surface area contributed by atoms with Crippen LogP contribution in [0.5, 0.6) is 11.5 Å². The van der Waals surface area contributed by atoms with Crippen LogP contribution < -0.4 is 0 Å². The van der Waals surface area contributed by atoms with Crippen molar-refractivity contribution in [2.45, 2.75) is 12.8 Å². The van der Waals surface area contributed by atoms with Gasteiger partial charge in [0.1, 0.15) is 11.5 Å². The van der Waals surface area contributed by atoms with Gasteiger partial charge in [-0.05, 0) is 24.5 Å². The van der Waals surface area contributed by atoms with E-state index in [2.05, 4.69) is 0 Å². The maximum absolute atomic E-state index is 9.28. The first-order chi connectivity index (χ1) is 5.74. The Hall–Kier alpha value is -1.22. The van der Waals surface area contributed by atoms with Gasteiger partial charge in [-0.1, -0.05) is 6.07 Å². The molecule has 3 nitrogen and oxygen atoms in total. The van der Waals surface area contributed by atoms with Crippen molar-refractivity contribution in [1.82, 2.24) is 0 Å². The van der Waals surface area contributed by atoms with Gasteiger partial charge in [0.15, 0.2) is 0 Å². The van der Waals surface area contributed by atoms with E-state index in [4.69, 9.17) is 10.2 Å². The molecule has 1 aromatic rings. The Morgan fingerprint density at radius 3 is 2.50 bits per heavy atom. The van der Waals surface area contributed by atoms with E-state index in [1.165, 1.54) is 12.1 Å². The van der Waals surface area contributed by atoms with Gasteiger partial charge in [-0.25, -0.2) is 0 Å². The highest BCUT2D eigenvalue weighted by Crippen LogP contribution is 2.23. The molecule has 12 heavy (non-hydrogen) atoms. The highest BCUT2D eigenvalue weighted by atomic mass is 16.3. The Labute approximate surface area is 70.9 Å². The number of aryl methyl sites for hydroxylation is 1. The van der Waals surface area contributed by atoms with Crippen molar-refractivity contribution < 1.29 is 15.3 Å². The number of aliphatic hydroxyl groups is 1. The second kappa shape index (κ2) is 3.97. The summed E-state index contributed by atoms with van der Waals surface area (Å²) in [6.07, 6.45) is 1.25. The lowest BCUT2D eigenvalue weighted by molar-refractivity contribution is 0.288. The molecule has 0 aliphatic rings. The first-order valence-corrected chi connectivity index (χ1v) is 3.86. The van der Waals surface area contributed by atoms with Crippen molar-refractivity contribution in [3.63, 3.8) is 0 Å². The van der Waals surface area contributed by atoms with Crippen molar-refractivity contribution in [3.05, 3.63) is 23.8 Å². The molecule has 66 valence electrons. The fourth-order valence-corrected chi connectivity index (χ4v) is 1.03. The molecule has 0 aliphatic heterocycles. The zero-order valence-corrected chi connectivity index (χ0v) is 6.70. The van der Waals surface area contributed by atoms with Crippen LogP contribution in [0, 0.1) is 0 Å². The second-order valence-electron chi connectivity index (χ2n) is 2.64. The smallest absolute Gasteiger partial charge is 0.122 e. The fourth-order valence-electron chi connectivity index (χ4n) is 1.03. The third-order valence-corrected chi connectivity index (χ3v) is 1.67. The van der Waals surface area contributed by atoms with Gasteiger partial charge in [-0.3, -0.25) is 0 Å². The molecule has 0 bridgehead atoms. The number of phenols is 2. The Morgan fingerprint density at radius 2 is 1.92 bits per heavy atom. The molecule has 3 heteroatoms. The molecule has 0 spiro atoms. The topological polar surface area (TPSA) is 60.7 Å². The fraction of sp³-hybridized carbons (Fsp3) is 0.333. The quantitative estimate of drug-likeness (QED) is 0.631. The summed E-state index contributed by atoms with van der Waals surface area (Å²) in [5.41, 5.74) is 0.752. The lowest BCUT2D eigenvalue weighted by Gasteiger charge is -2.02. The molecule has 0 fully saturated rings. The summed E-state index contributed by atoms with van der Waals surface area (Å²) < 4.78 is 0. The van der Waals surface area contributed by atoms with Crippen LogP contribution in [0.2, 0.25) is 0 Å². The van der Waals surface area contributed by atoms with Crippen molar-refractivity contribution >= 4 is 0 Å². The summed E-state index contributed by atoms with van der Waals surface area (Å²) in [5.74, 6) is 0.142. The molecule has 1 rings (SSSR count). The van der Waals surface area contributed by atoms with E-state index in [1.54, 1.807) is 6.07 Å². The van der Waals surface area contributed by atoms with Crippen LogP contribution in [-0.2, 0) is 6.42 Å². The lowest BCUT2D eigenvalue weighted by Crippen LogP contribution is -1.89. The minimum Gasteiger partial charge on any atom is -0.508 e. The zero-order valence-electron chi connectivity index (χ0n) is 6.70. The van der Waals surface area contributed by atoms with Gasteiger partial charge in [0.05, 0.1) is 0 Å². The summed E-state index contributed by atoms with van der Waals surface area (Å²) in [4.78, 5) is 0. The van der Waals surface area contributed by atoms with E-state index in [9.17, 15) is 5.11 Å². The molecular weight excluding hydrogens is 156 g/mol. The van der Waals surface area contributed by atoms with Gasteiger partial charge in [-0.15, -0.1) is 0 Å². The van der Waals surface area contributed by atoms with Crippen LogP contribution in [0.25, 0.3) is 0 Å². The van der Waals surface area contributed by atoms with Crippen LogP contribution in [0.1, 0.15) is 12.0 Å². The van der Waals surface area contributed by atoms with Crippen molar-refractivity contribution in [2.75, 3.05) is 6.61 Å². The first-order valence-electron chi connectivity index (χ1n) is 3.86. The average molecular weight is 168 g/mol. The van der Waals surface area contributed by atoms with Crippen LogP contribution in [0.3, 0.4) is 0 Å². The molecule has 0 aromatic heterocycles. The summed E-state index contributed by atoms with van der Waals surface area (Å²) in [6, 6.07) is 4.47. The van der Waals surface area contributed by atoms with Crippen molar-refractivity contribution in [1.29, 1.82) is 0 Å². The molecule has 1 aromatic carbocycles. The standard InChI is InChI=1S/C9H12O3/c10-5-1-2-7-3-4-8(11)6-9(7)12/h3-4,6,10-12H,1-2,5H2. The Kier molecular flexibility index (Phi) is 2.94. The predicted molar refractivity (Wildman–Crippen MR) is 45.2 cm³/mol. The first kappa shape index (κ1) is 8.87. The van der Waals surface area contributed by atoms with Gasteiger partial charge in [0.25, 0.3) is 0 Å². The van der Waals surface area contributed by atoms with E-state index < -0.39 is 0 Å². The van der Waals surface area contributed by atoms with Gasteiger partial charge < -0.3 is 15.3 Å². The molecule has 0 saturated heterocycles. The van der Waals surface area contributed by atoms with E-state index in [0.29, 0.717) is 12.8 Å². The molecule has 0 aliphatic carbocycles. The minimum absolute atomic E-state index is 0.0558. The maximum Gasteiger partial charge on any atom is 0.122 e. The second-order valence-corrected chi connectivity index (χ2v) is 2.64. The molecule has 0 atom stereocenters. The monoisotopic (exact) mass is 168 g/mol. The molecule has 0 amide bonds. The maximum atomic E-state index is 9.28. The van der Waals surface area contributed by atoms with E-state index >= 15 is 0 Å². The summed E-state index contributed by atoms with van der Waals surface area (Å²) in [6.45, 7) is 0.111. The van der Waals surface area contributed by atoms with Crippen LogP contribution in [-0.4, -0.2) is 21.9 Å². The molecule has 0 radical (unpaired) electrons.